The largest absolute Gasteiger partial charge is 0.480 e. The second kappa shape index (κ2) is 4.93. The Morgan fingerprint density at radius 2 is 2.32 bits per heavy atom. The van der Waals surface area contributed by atoms with E-state index in [-0.39, 0.29) is 0 Å². The van der Waals surface area contributed by atoms with E-state index < -0.39 is 12.0 Å². The van der Waals surface area contributed by atoms with Crippen molar-refractivity contribution in [1.29, 1.82) is 0 Å². The van der Waals surface area contributed by atoms with Gasteiger partial charge in [-0.25, -0.2) is 4.79 Å². The van der Waals surface area contributed by atoms with E-state index in [2.05, 4.69) is 15.2 Å². The van der Waals surface area contributed by atoms with Crippen LogP contribution in [0.3, 0.4) is 0 Å². The normalized spacial score (nSPS) is 18.7. The Bertz CT molecular complexity index is 586. The van der Waals surface area contributed by atoms with E-state index in [0.29, 0.717) is 23.1 Å². The molecule has 2 aromatic rings. The Kier molecular flexibility index (Phi) is 3.12. The molecule has 2 aromatic heterocycles. The van der Waals surface area contributed by atoms with Crippen LogP contribution >= 0.6 is 11.3 Å². The lowest BCUT2D eigenvalue weighted by atomic mass is 10.2. The van der Waals surface area contributed by atoms with Crippen molar-refractivity contribution in [2.24, 2.45) is 0 Å². The van der Waals surface area contributed by atoms with Crippen LogP contribution < -0.4 is 4.90 Å². The number of hydrogen-bond acceptors (Lipinski definition) is 6. The second-order valence-electron chi connectivity index (χ2n) is 4.29. The Morgan fingerprint density at radius 1 is 1.42 bits per heavy atom. The molecule has 0 unspecified atom stereocenters. The molecule has 1 saturated heterocycles. The van der Waals surface area contributed by atoms with Crippen molar-refractivity contribution < 1.29 is 9.90 Å². The Hall–Kier alpha value is -2.02. The number of carbonyl (C=O) groups is 1. The summed E-state index contributed by atoms with van der Waals surface area (Å²) in [5, 5.41) is 18.7. The summed E-state index contributed by atoms with van der Waals surface area (Å²) in [7, 11) is 0. The van der Waals surface area contributed by atoms with Gasteiger partial charge in [0.15, 0.2) is 5.01 Å². The zero-order chi connectivity index (χ0) is 13.2. The van der Waals surface area contributed by atoms with Gasteiger partial charge in [0.1, 0.15) is 11.7 Å². The first-order valence-corrected chi connectivity index (χ1v) is 6.82. The van der Waals surface area contributed by atoms with E-state index in [9.17, 15) is 9.90 Å². The second-order valence-corrected chi connectivity index (χ2v) is 5.25. The van der Waals surface area contributed by atoms with E-state index >= 15 is 0 Å². The van der Waals surface area contributed by atoms with Crippen LogP contribution in [0.5, 0.6) is 0 Å². The van der Waals surface area contributed by atoms with Gasteiger partial charge >= 0.3 is 5.97 Å². The highest BCUT2D eigenvalue weighted by Crippen LogP contribution is 2.31. The van der Waals surface area contributed by atoms with Crippen LogP contribution in [-0.4, -0.2) is 38.8 Å². The number of carboxylic acids is 1. The fourth-order valence-corrected chi connectivity index (χ4v) is 3.07. The summed E-state index contributed by atoms with van der Waals surface area (Å²) in [6.07, 6.45) is 3.23. The third kappa shape index (κ3) is 2.28. The smallest absolute Gasteiger partial charge is 0.326 e. The van der Waals surface area contributed by atoms with Crippen molar-refractivity contribution in [3.8, 4) is 10.7 Å². The van der Waals surface area contributed by atoms with Crippen molar-refractivity contribution in [3.63, 3.8) is 0 Å². The number of rotatable bonds is 3. The molecule has 1 aliphatic rings. The molecule has 0 bridgehead atoms. The number of carboxylic acid groups (broad SMARTS) is 1. The Morgan fingerprint density at radius 3 is 3.05 bits per heavy atom. The molecule has 0 spiro atoms. The quantitative estimate of drug-likeness (QED) is 0.918. The molecule has 0 radical (unpaired) electrons. The van der Waals surface area contributed by atoms with Gasteiger partial charge in [-0.3, -0.25) is 4.98 Å². The molecule has 0 saturated carbocycles. The topological polar surface area (TPSA) is 79.2 Å². The molecular weight excluding hydrogens is 264 g/mol. The van der Waals surface area contributed by atoms with Gasteiger partial charge in [-0.15, -0.1) is 10.2 Å². The summed E-state index contributed by atoms with van der Waals surface area (Å²) in [5.74, 6) is -0.799. The Labute approximate surface area is 113 Å². The number of nitrogens with zero attached hydrogens (tertiary/aromatic N) is 4. The van der Waals surface area contributed by atoms with Crippen molar-refractivity contribution in [2.45, 2.75) is 18.9 Å². The van der Waals surface area contributed by atoms with Gasteiger partial charge in [-0.05, 0) is 25.0 Å². The lowest BCUT2D eigenvalue weighted by molar-refractivity contribution is -0.138. The van der Waals surface area contributed by atoms with Gasteiger partial charge in [-0.1, -0.05) is 17.4 Å². The molecule has 1 N–H and O–H groups in total. The zero-order valence-corrected chi connectivity index (χ0v) is 10.9. The molecule has 0 aliphatic carbocycles. The summed E-state index contributed by atoms with van der Waals surface area (Å²) in [6, 6.07) is 5.11. The highest BCUT2D eigenvalue weighted by Gasteiger charge is 2.32. The summed E-state index contributed by atoms with van der Waals surface area (Å²) >= 11 is 1.38. The van der Waals surface area contributed by atoms with Crippen molar-refractivity contribution in [1.82, 2.24) is 15.2 Å². The van der Waals surface area contributed by atoms with Crippen molar-refractivity contribution in [2.75, 3.05) is 11.4 Å². The van der Waals surface area contributed by atoms with Crippen LogP contribution in [0.25, 0.3) is 10.7 Å². The van der Waals surface area contributed by atoms with Crippen molar-refractivity contribution in [3.05, 3.63) is 24.4 Å². The molecule has 98 valence electrons. The van der Waals surface area contributed by atoms with E-state index in [4.69, 9.17) is 0 Å². The molecule has 0 aromatic carbocycles. The third-order valence-electron chi connectivity index (χ3n) is 3.08. The van der Waals surface area contributed by atoms with Crippen LogP contribution in [0.1, 0.15) is 12.8 Å². The van der Waals surface area contributed by atoms with Gasteiger partial charge in [0.05, 0.1) is 0 Å². The molecule has 1 aliphatic heterocycles. The number of pyridine rings is 1. The number of aliphatic carboxylic acids is 1. The third-order valence-corrected chi connectivity index (χ3v) is 4.06. The molecule has 3 rings (SSSR count). The van der Waals surface area contributed by atoms with Gasteiger partial charge in [0, 0.05) is 12.7 Å². The molecule has 0 amide bonds. The maximum atomic E-state index is 11.2. The highest BCUT2D eigenvalue weighted by atomic mass is 32.1. The van der Waals surface area contributed by atoms with Crippen LogP contribution in [0.15, 0.2) is 24.4 Å². The first-order valence-electron chi connectivity index (χ1n) is 6.00. The first-order chi connectivity index (χ1) is 9.25. The molecule has 19 heavy (non-hydrogen) atoms. The van der Waals surface area contributed by atoms with Crippen LogP contribution in [0.2, 0.25) is 0 Å². The van der Waals surface area contributed by atoms with Gasteiger partial charge < -0.3 is 10.0 Å². The van der Waals surface area contributed by atoms with Gasteiger partial charge in [-0.2, -0.15) is 0 Å². The predicted octanol–water partition coefficient (Wildman–Crippen LogP) is 1.65. The van der Waals surface area contributed by atoms with E-state index in [1.54, 1.807) is 6.20 Å². The minimum absolute atomic E-state index is 0.482. The fraction of sp³-hybridized carbons (Fsp3) is 0.333. The lowest BCUT2D eigenvalue weighted by Gasteiger charge is -2.19. The van der Waals surface area contributed by atoms with Crippen LogP contribution in [-0.2, 0) is 4.79 Å². The van der Waals surface area contributed by atoms with Gasteiger partial charge in [0.25, 0.3) is 0 Å². The number of aromatic nitrogens is 3. The minimum Gasteiger partial charge on any atom is -0.480 e. The molecule has 1 fully saturated rings. The molecule has 3 heterocycles. The predicted molar refractivity (Wildman–Crippen MR) is 71.1 cm³/mol. The highest BCUT2D eigenvalue weighted by molar-refractivity contribution is 7.18. The number of anilines is 1. The summed E-state index contributed by atoms with van der Waals surface area (Å²) in [4.78, 5) is 17.2. The van der Waals surface area contributed by atoms with Crippen LogP contribution in [0, 0.1) is 0 Å². The zero-order valence-electron chi connectivity index (χ0n) is 10.1. The maximum absolute atomic E-state index is 11.2. The average Bonchev–Trinajstić information content (AvgIpc) is 3.08. The summed E-state index contributed by atoms with van der Waals surface area (Å²) in [6.45, 7) is 0.716. The summed E-state index contributed by atoms with van der Waals surface area (Å²) in [5.41, 5.74) is 0.761. The lowest BCUT2D eigenvalue weighted by Crippen LogP contribution is -2.35. The van der Waals surface area contributed by atoms with Crippen molar-refractivity contribution >= 4 is 22.4 Å². The number of hydrogen-bond donors (Lipinski definition) is 1. The fourth-order valence-electron chi connectivity index (χ4n) is 2.18. The van der Waals surface area contributed by atoms with E-state index in [0.717, 1.165) is 12.1 Å². The van der Waals surface area contributed by atoms with E-state index in [1.165, 1.54) is 11.3 Å². The van der Waals surface area contributed by atoms with E-state index in [1.807, 2.05) is 23.1 Å². The monoisotopic (exact) mass is 276 g/mol. The molecular formula is C12H12N4O2S. The SMILES string of the molecule is O=C(O)[C@H]1CCCN1c1nnc(-c2ccccn2)s1. The molecule has 1 atom stereocenters. The standard InChI is InChI=1S/C12H12N4O2S/c17-11(18)9-5-3-7-16(9)12-15-14-10(19-12)8-4-1-2-6-13-8/h1-2,4,6,9H,3,5,7H2,(H,17,18)/t9-/m1/s1. The van der Waals surface area contributed by atoms with Crippen LogP contribution in [0.4, 0.5) is 5.13 Å². The van der Waals surface area contributed by atoms with Gasteiger partial charge in [0.2, 0.25) is 5.13 Å². The minimum atomic E-state index is -0.799. The average molecular weight is 276 g/mol. The first kappa shape index (κ1) is 12.0. The molecule has 7 heteroatoms. The molecule has 6 nitrogen and oxygen atoms in total. The Balaban J connectivity index is 1.87. The maximum Gasteiger partial charge on any atom is 0.326 e. The summed E-state index contributed by atoms with van der Waals surface area (Å²) < 4.78 is 0.